The summed E-state index contributed by atoms with van der Waals surface area (Å²) in [6.45, 7) is 0.183. The van der Waals surface area contributed by atoms with Crippen LogP contribution in [0.1, 0.15) is 0 Å². The van der Waals surface area contributed by atoms with Gasteiger partial charge in [0.2, 0.25) is 18.5 Å². The first kappa shape index (κ1) is 17.9. The highest BCUT2D eigenvalue weighted by Gasteiger charge is 2.19. The Hall–Kier alpha value is -4.14. The maximum Gasteiger partial charge on any atom is 0.274 e. The van der Waals surface area contributed by atoms with E-state index in [1.807, 2.05) is 6.07 Å². The number of hydrogen-bond acceptors (Lipinski definition) is 6. The number of hydrogen-bond donors (Lipinski definition) is 1. The minimum atomic E-state index is -0.420. The Morgan fingerprint density at radius 1 is 1.10 bits per heavy atom. The van der Waals surface area contributed by atoms with Gasteiger partial charge in [-0.25, -0.2) is 4.39 Å². The van der Waals surface area contributed by atoms with E-state index in [4.69, 9.17) is 14.0 Å². The summed E-state index contributed by atoms with van der Waals surface area (Å²) in [4.78, 5) is 16.8. The van der Waals surface area contributed by atoms with Crippen molar-refractivity contribution in [3.05, 3.63) is 66.6 Å². The third-order valence-electron chi connectivity index (χ3n) is 4.53. The molecule has 150 valence electrons. The molecule has 5 rings (SSSR count). The van der Waals surface area contributed by atoms with Crippen LogP contribution in [0.4, 0.5) is 10.1 Å². The number of ether oxygens (including phenoxy) is 2. The molecule has 0 aliphatic carbocycles. The number of anilines is 1. The van der Waals surface area contributed by atoms with E-state index in [0.29, 0.717) is 28.7 Å². The molecule has 0 saturated heterocycles. The van der Waals surface area contributed by atoms with E-state index in [9.17, 15) is 9.18 Å². The van der Waals surface area contributed by atoms with Crippen molar-refractivity contribution < 1.29 is 23.2 Å². The van der Waals surface area contributed by atoms with Crippen LogP contribution in [0.2, 0.25) is 0 Å². The fraction of sp³-hybridized carbons (Fsp3) is 0.0952. The normalized spacial score (nSPS) is 12.2. The number of halogens is 1. The van der Waals surface area contributed by atoms with Crippen LogP contribution in [0, 0.1) is 5.82 Å². The molecule has 0 atom stereocenters. The molecule has 0 spiro atoms. The molecule has 1 N–H and O–H groups in total. The van der Waals surface area contributed by atoms with Gasteiger partial charge in [-0.1, -0.05) is 11.2 Å². The minimum Gasteiger partial charge on any atom is -0.454 e. The number of benzene rings is 2. The Morgan fingerprint density at radius 2 is 2.00 bits per heavy atom. The zero-order valence-electron chi connectivity index (χ0n) is 15.5. The average molecular weight is 406 g/mol. The molecule has 4 aromatic rings. The van der Waals surface area contributed by atoms with Crippen molar-refractivity contribution >= 4 is 11.6 Å². The van der Waals surface area contributed by atoms with Crippen molar-refractivity contribution in [2.75, 3.05) is 12.1 Å². The maximum atomic E-state index is 13.3. The molecule has 3 heterocycles. The Labute approximate surface area is 169 Å². The zero-order valence-corrected chi connectivity index (χ0v) is 15.5. The van der Waals surface area contributed by atoms with Crippen LogP contribution in [0.25, 0.3) is 23.0 Å². The van der Waals surface area contributed by atoms with E-state index in [1.165, 1.54) is 18.2 Å². The van der Waals surface area contributed by atoms with Gasteiger partial charge < -0.3 is 23.9 Å². The number of rotatable bonds is 5. The van der Waals surface area contributed by atoms with Gasteiger partial charge in [-0.05, 0) is 48.5 Å². The zero-order chi connectivity index (χ0) is 20.5. The van der Waals surface area contributed by atoms with Gasteiger partial charge in [-0.2, -0.15) is 4.98 Å². The van der Waals surface area contributed by atoms with Gasteiger partial charge in [0.15, 0.2) is 11.5 Å². The number of nitrogens with one attached hydrogen (secondary N) is 1. The van der Waals surface area contributed by atoms with Gasteiger partial charge in [0.1, 0.15) is 18.1 Å². The van der Waals surface area contributed by atoms with E-state index in [1.54, 1.807) is 41.1 Å². The first-order valence-electron chi connectivity index (χ1n) is 9.10. The fourth-order valence-electron chi connectivity index (χ4n) is 3.15. The van der Waals surface area contributed by atoms with Gasteiger partial charge in [0.05, 0.1) is 0 Å². The molecular weight excluding hydrogens is 391 g/mol. The van der Waals surface area contributed by atoms with E-state index in [0.717, 1.165) is 5.56 Å². The summed E-state index contributed by atoms with van der Waals surface area (Å²) in [6, 6.07) is 14.6. The lowest BCUT2D eigenvalue weighted by molar-refractivity contribution is -0.116. The summed E-state index contributed by atoms with van der Waals surface area (Å²) in [5, 5.41) is 6.69. The van der Waals surface area contributed by atoms with Crippen molar-refractivity contribution in [1.82, 2.24) is 14.7 Å². The van der Waals surface area contributed by atoms with Crippen molar-refractivity contribution in [1.29, 1.82) is 0 Å². The summed E-state index contributed by atoms with van der Waals surface area (Å²) in [7, 11) is 0. The molecule has 9 heteroatoms. The summed E-state index contributed by atoms with van der Waals surface area (Å²) < 4.78 is 31.1. The van der Waals surface area contributed by atoms with Gasteiger partial charge >= 0.3 is 0 Å². The molecule has 0 bridgehead atoms. The maximum absolute atomic E-state index is 13.3. The highest BCUT2D eigenvalue weighted by Crippen LogP contribution is 2.35. The lowest BCUT2D eigenvalue weighted by Crippen LogP contribution is -2.18. The largest absolute Gasteiger partial charge is 0.454 e. The molecule has 0 saturated carbocycles. The molecule has 0 unspecified atom stereocenters. The van der Waals surface area contributed by atoms with Crippen molar-refractivity contribution in [2.24, 2.45) is 0 Å². The highest BCUT2D eigenvalue weighted by molar-refractivity contribution is 5.90. The predicted molar refractivity (Wildman–Crippen MR) is 104 cm³/mol. The van der Waals surface area contributed by atoms with Crippen molar-refractivity contribution in [3.63, 3.8) is 0 Å². The van der Waals surface area contributed by atoms with Crippen LogP contribution in [-0.4, -0.2) is 27.4 Å². The van der Waals surface area contributed by atoms with Crippen LogP contribution in [-0.2, 0) is 11.3 Å². The first-order valence-corrected chi connectivity index (χ1v) is 9.10. The Morgan fingerprint density at radius 3 is 2.90 bits per heavy atom. The second-order valence-electron chi connectivity index (χ2n) is 6.57. The first-order chi connectivity index (χ1) is 14.7. The average Bonchev–Trinajstić information content (AvgIpc) is 3.47. The lowest BCUT2D eigenvalue weighted by atomic mass is 10.2. The number of aromatic nitrogens is 3. The van der Waals surface area contributed by atoms with Crippen LogP contribution in [0.3, 0.4) is 0 Å². The molecule has 1 aliphatic rings. The van der Waals surface area contributed by atoms with Crippen LogP contribution in [0.5, 0.6) is 11.5 Å². The smallest absolute Gasteiger partial charge is 0.274 e. The number of carbonyl (C=O) groups excluding carboxylic acids is 1. The molecule has 1 amide bonds. The Balaban J connectivity index is 1.34. The van der Waals surface area contributed by atoms with E-state index < -0.39 is 5.82 Å². The summed E-state index contributed by atoms with van der Waals surface area (Å²) in [5.74, 6) is 1.22. The predicted octanol–water partition coefficient (Wildman–Crippen LogP) is 3.71. The number of fused-ring (bicyclic) bond motifs is 1. The van der Waals surface area contributed by atoms with E-state index in [2.05, 4.69) is 15.5 Å². The number of amides is 1. The van der Waals surface area contributed by atoms with Crippen LogP contribution >= 0.6 is 0 Å². The number of nitrogens with zero attached hydrogens (tertiary/aromatic N) is 3. The molecule has 2 aromatic carbocycles. The quantitative estimate of drug-likeness (QED) is 0.543. The van der Waals surface area contributed by atoms with Gasteiger partial charge in [-0.15, -0.1) is 0 Å². The topological polar surface area (TPSA) is 91.4 Å². The number of carbonyl (C=O) groups is 1. The summed E-state index contributed by atoms with van der Waals surface area (Å²) >= 11 is 0. The van der Waals surface area contributed by atoms with Crippen molar-refractivity contribution in [3.8, 4) is 34.5 Å². The minimum absolute atomic E-state index is 0.000579. The molecule has 1 aliphatic heterocycles. The second kappa shape index (κ2) is 7.36. The Kier molecular flexibility index (Phi) is 4.40. The molecular formula is C21H15FN4O4. The highest BCUT2D eigenvalue weighted by atomic mass is 19.1. The van der Waals surface area contributed by atoms with Crippen LogP contribution in [0.15, 0.2) is 65.3 Å². The monoisotopic (exact) mass is 406 g/mol. The Bertz CT molecular complexity index is 1230. The molecule has 0 radical (unpaired) electrons. The van der Waals surface area contributed by atoms with Crippen LogP contribution < -0.4 is 14.8 Å². The standard InChI is InChI=1S/C21H15FN4O4/c22-14-3-1-4-15(10-14)23-19(27)11-26-8-2-5-16(26)21-24-20(25-30-21)13-6-7-17-18(9-13)29-12-28-17/h1-10H,11-12H2,(H,23,27). The van der Waals surface area contributed by atoms with Gasteiger partial charge in [0, 0.05) is 17.4 Å². The molecule has 2 aromatic heterocycles. The lowest BCUT2D eigenvalue weighted by Gasteiger charge is -2.08. The third kappa shape index (κ3) is 3.48. The third-order valence-corrected chi connectivity index (χ3v) is 4.53. The summed E-state index contributed by atoms with van der Waals surface area (Å²) in [5.41, 5.74) is 1.69. The second-order valence-corrected chi connectivity index (χ2v) is 6.57. The van der Waals surface area contributed by atoms with E-state index >= 15 is 0 Å². The van der Waals surface area contributed by atoms with Gasteiger partial charge in [-0.3, -0.25) is 4.79 Å². The summed E-state index contributed by atoms with van der Waals surface area (Å²) in [6.07, 6.45) is 1.73. The molecule has 30 heavy (non-hydrogen) atoms. The fourth-order valence-corrected chi connectivity index (χ4v) is 3.15. The molecule has 0 fully saturated rings. The van der Waals surface area contributed by atoms with Crippen molar-refractivity contribution in [2.45, 2.75) is 6.54 Å². The van der Waals surface area contributed by atoms with E-state index in [-0.39, 0.29) is 25.1 Å². The van der Waals surface area contributed by atoms with Gasteiger partial charge in [0.25, 0.3) is 5.89 Å². The molecule has 8 nitrogen and oxygen atoms in total. The SMILES string of the molecule is O=C(Cn1cccc1-c1nc(-c2ccc3c(c2)OCO3)no1)Nc1cccc(F)c1.